The van der Waals surface area contributed by atoms with Gasteiger partial charge in [-0.2, -0.15) is 4.98 Å². The topological polar surface area (TPSA) is 57.4 Å². The molecule has 0 fully saturated rings. The van der Waals surface area contributed by atoms with Crippen LogP contribution in [0.25, 0.3) is 11.4 Å². The summed E-state index contributed by atoms with van der Waals surface area (Å²) in [6.45, 7) is 0.717. The summed E-state index contributed by atoms with van der Waals surface area (Å²) in [6.07, 6.45) is 1.48. The first kappa shape index (κ1) is 14.9. The second kappa shape index (κ2) is 6.45. The van der Waals surface area contributed by atoms with Gasteiger partial charge in [-0.05, 0) is 29.7 Å². The fourth-order valence-electron chi connectivity index (χ4n) is 3.08. The SMILES string of the molecule is COc1ccccc1-c1noc(C[C@H]2OCCc3ccccc32)n1. The van der Waals surface area contributed by atoms with E-state index < -0.39 is 0 Å². The normalized spacial score (nSPS) is 16.6. The molecule has 5 nitrogen and oxygen atoms in total. The zero-order valence-corrected chi connectivity index (χ0v) is 13.4. The van der Waals surface area contributed by atoms with Crippen LogP contribution in [0.15, 0.2) is 53.1 Å². The van der Waals surface area contributed by atoms with E-state index in [2.05, 4.69) is 28.3 Å². The standard InChI is InChI=1S/C19H18N2O3/c1-22-16-9-5-4-8-15(16)19-20-18(24-21-19)12-17-14-7-3-2-6-13(14)10-11-23-17/h2-9,17H,10-12H2,1H3/t17-/m1/s1. The van der Waals surface area contributed by atoms with Crippen molar-refractivity contribution in [3.8, 4) is 17.1 Å². The van der Waals surface area contributed by atoms with Crippen molar-refractivity contribution >= 4 is 0 Å². The predicted molar refractivity (Wildman–Crippen MR) is 88.8 cm³/mol. The maximum atomic E-state index is 5.92. The molecule has 1 atom stereocenters. The van der Waals surface area contributed by atoms with E-state index in [0.717, 1.165) is 24.3 Å². The highest BCUT2D eigenvalue weighted by atomic mass is 16.5. The number of methoxy groups -OCH3 is 1. The monoisotopic (exact) mass is 322 g/mol. The van der Waals surface area contributed by atoms with Crippen LogP contribution < -0.4 is 4.74 Å². The first-order valence-corrected chi connectivity index (χ1v) is 8.00. The van der Waals surface area contributed by atoms with Crippen LogP contribution in [0.5, 0.6) is 5.75 Å². The molecule has 0 radical (unpaired) electrons. The number of nitrogens with zero attached hydrogens (tertiary/aromatic N) is 2. The quantitative estimate of drug-likeness (QED) is 0.734. The summed E-state index contributed by atoms with van der Waals surface area (Å²) in [6, 6.07) is 16.0. The van der Waals surface area contributed by atoms with Crippen LogP contribution in [0.4, 0.5) is 0 Å². The average molecular weight is 322 g/mol. The minimum Gasteiger partial charge on any atom is -0.496 e. The van der Waals surface area contributed by atoms with Gasteiger partial charge in [0, 0.05) is 0 Å². The highest BCUT2D eigenvalue weighted by Gasteiger charge is 2.23. The van der Waals surface area contributed by atoms with E-state index in [-0.39, 0.29) is 6.10 Å². The Morgan fingerprint density at radius 1 is 1.12 bits per heavy atom. The molecule has 0 unspecified atom stereocenters. The minimum atomic E-state index is -0.0408. The number of fused-ring (bicyclic) bond motifs is 1. The predicted octanol–water partition coefficient (Wildman–Crippen LogP) is 3.60. The number of para-hydroxylation sites is 1. The molecule has 1 aromatic heterocycles. The van der Waals surface area contributed by atoms with E-state index >= 15 is 0 Å². The molecule has 2 heterocycles. The molecule has 0 saturated heterocycles. The van der Waals surface area contributed by atoms with Crippen LogP contribution in [0.2, 0.25) is 0 Å². The highest BCUT2D eigenvalue weighted by Crippen LogP contribution is 2.31. The maximum Gasteiger partial charge on any atom is 0.229 e. The lowest BCUT2D eigenvalue weighted by molar-refractivity contribution is 0.0375. The molecule has 0 saturated carbocycles. The van der Waals surface area contributed by atoms with Crippen molar-refractivity contribution in [3.63, 3.8) is 0 Å². The smallest absolute Gasteiger partial charge is 0.229 e. The van der Waals surface area contributed by atoms with Crippen molar-refractivity contribution < 1.29 is 14.0 Å². The van der Waals surface area contributed by atoms with Crippen LogP contribution in [0, 0.1) is 0 Å². The van der Waals surface area contributed by atoms with Gasteiger partial charge in [-0.15, -0.1) is 0 Å². The molecule has 24 heavy (non-hydrogen) atoms. The molecule has 1 aliphatic rings. The summed E-state index contributed by atoms with van der Waals surface area (Å²) in [5, 5.41) is 4.09. The molecule has 0 aliphatic carbocycles. The van der Waals surface area contributed by atoms with E-state index in [1.807, 2.05) is 30.3 Å². The van der Waals surface area contributed by atoms with Gasteiger partial charge in [0.1, 0.15) is 5.75 Å². The third-order valence-electron chi connectivity index (χ3n) is 4.27. The van der Waals surface area contributed by atoms with E-state index in [1.165, 1.54) is 11.1 Å². The summed E-state index contributed by atoms with van der Waals surface area (Å²) in [4.78, 5) is 4.52. The largest absolute Gasteiger partial charge is 0.496 e. The van der Waals surface area contributed by atoms with Crippen LogP contribution in [-0.2, 0) is 17.6 Å². The van der Waals surface area contributed by atoms with Crippen molar-refractivity contribution in [2.75, 3.05) is 13.7 Å². The lowest BCUT2D eigenvalue weighted by Crippen LogP contribution is -2.18. The molecule has 2 aromatic carbocycles. The summed E-state index contributed by atoms with van der Waals surface area (Å²) >= 11 is 0. The molecular weight excluding hydrogens is 304 g/mol. The van der Waals surface area contributed by atoms with E-state index in [9.17, 15) is 0 Å². The van der Waals surface area contributed by atoms with Gasteiger partial charge in [0.05, 0.1) is 31.8 Å². The Kier molecular flexibility index (Phi) is 4.01. The lowest BCUT2D eigenvalue weighted by atomic mass is 9.96. The third kappa shape index (κ3) is 2.78. The number of ether oxygens (including phenoxy) is 2. The Bertz CT molecular complexity index is 844. The van der Waals surface area contributed by atoms with Crippen LogP contribution in [-0.4, -0.2) is 23.9 Å². The van der Waals surface area contributed by atoms with Gasteiger partial charge < -0.3 is 14.0 Å². The number of rotatable bonds is 4. The zero-order valence-electron chi connectivity index (χ0n) is 13.4. The lowest BCUT2D eigenvalue weighted by Gasteiger charge is -2.24. The molecule has 1 aliphatic heterocycles. The summed E-state index contributed by atoms with van der Waals surface area (Å²) < 4.78 is 16.7. The number of aromatic nitrogens is 2. The van der Waals surface area contributed by atoms with E-state index in [4.69, 9.17) is 14.0 Å². The van der Waals surface area contributed by atoms with Crippen molar-refractivity contribution in [2.24, 2.45) is 0 Å². The van der Waals surface area contributed by atoms with Gasteiger partial charge in [-0.25, -0.2) is 0 Å². The van der Waals surface area contributed by atoms with Crippen LogP contribution >= 0.6 is 0 Å². The van der Waals surface area contributed by atoms with Gasteiger partial charge in [-0.1, -0.05) is 41.6 Å². The molecule has 0 bridgehead atoms. The van der Waals surface area contributed by atoms with Crippen LogP contribution in [0.1, 0.15) is 23.1 Å². The summed E-state index contributed by atoms with van der Waals surface area (Å²) in [5.74, 6) is 1.83. The second-order valence-corrected chi connectivity index (χ2v) is 5.72. The van der Waals surface area contributed by atoms with Gasteiger partial charge in [0.15, 0.2) is 0 Å². The van der Waals surface area contributed by atoms with Gasteiger partial charge in [0.25, 0.3) is 0 Å². The first-order valence-electron chi connectivity index (χ1n) is 8.00. The average Bonchev–Trinajstić information content (AvgIpc) is 3.10. The molecule has 5 heteroatoms. The van der Waals surface area contributed by atoms with E-state index in [0.29, 0.717) is 18.1 Å². The van der Waals surface area contributed by atoms with Gasteiger partial charge >= 0.3 is 0 Å². The Hall–Kier alpha value is -2.66. The number of hydrogen-bond donors (Lipinski definition) is 0. The number of hydrogen-bond acceptors (Lipinski definition) is 5. The second-order valence-electron chi connectivity index (χ2n) is 5.72. The fraction of sp³-hybridized carbons (Fsp3) is 0.263. The molecule has 0 N–H and O–H groups in total. The summed E-state index contributed by atoms with van der Waals surface area (Å²) in [7, 11) is 1.63. The van der Waals surface area contributed by atoms with Gasteiger partial charge in [0.2, 0.25) is 11.7 Å². The Labute approximate surface area is 140 Å². The Morgan fingerprint density at radius 3 is 2.88 bits per heavy atom. The third-order valence-corrected chi connectivity index (χ3v) is 4.27. The summed E-state index contributed by atoms with van der Waals surface area (Å²) in [5.41, 5.74) is 3.36. The zero-order chi connectivity index (χ0) is 16.4. The minimum absolute atomic E-state index is 0.0408. The maximum absolute atomic E-state index is 5.92. The molecule has 3 aromatic rings. The van der Waals surface area contributed by atoms with Crippen molar-refractivity contribution in [1.29, 1.82) is 0 Å². The number of benzene rings is 2. The molecule has 0 spiro atoms. The highest BCUT2D eigenvalue weighted by molar-refractivity contribution is 5.63. The molecule has 0 amide bonds. The van der Waals surface area contributed by atoms with Crippen LogP contribution in [0.3, 0.4) is 0 Å². The molecule has 122 valence electrons. The van der Waals surface area contributed by atoms with E-state index in [1.54, 1.807) is 7.11 Å². The molecular formula is C19H18N2O3. The fourth-order valence-corrected chi connectivity index (χ4v) is 3.08. The Morgan fingerprint density at radius 2 is 1.96 bits per heavy atom. The van der Waals surface area contributed by atoms with Crippen molar-refractivity contribution in [3.05, 3.63) is 65.5 Å². The Balaban J connectivity index is 1.59. The molecule has 4 rings (SSSR count). The van der Waals surface area contributed by atoms with Gasteiger partial charge in [-0.3, -0.25) is 0 Å². The van der Waals surface area contributed by atoms with Crippen molar-refractivity contribution in [2.45, 2.75) is 18.9 Å². The first-order chi connectivity index (χ1) is 11.8. The van der Waals surface area contributed by atoms with Crippen molar-refractivity contribution in [1.82, 2.24) is 10.1 Å².